The standard InChI is InChI=1S/C11H8BrN3O2/c12-7-3-1-2-4-8(7)15-11(17)9-5-14-10(16)6-13-9/h1-6H,(H,14,16)(H,15,17). The van der Waals surface area contributed by atoms with Crippen molar-refractivity contribution in [3.8, 4) is 0 Å². The summed E-state index contributed by atoms with van der Waals surface area (Å²) < 4.78 is 0.776. The molecule has 5 nitrogen and oxygen atoms in total. The van der Waals surface area contributed by atoms with Crippen LogP contribution in [0.5, 0.6) is 0 Å². The first-order chi connectivity index (χ1) is 8.16. The highest BCUT2D eigenvalue weighted by molar-refractivity contribution is 9.10. The van der Waals surface area contributed by atoms with Gasteiger partial charge >= 0.3 is 0 Å². The summed E-state index contributed by atoms with van der Waals surface area (Å²) in [6, 6.07) is 7.22. The second-order valence-electron chi connectivity index (χ2n) is 3.23. The fraction of sp³-hybridized carbons (Fsp3) is 0. The fourth-order valence-corrected chi connectivity index (χ4v) is 1.60. The van der Waals surface area contributed by atoms with E-state index in [0.717, 1.165) is 10.7 Å². The predicted octanol–water partition coefficient (Wildman–Crippen LogP) is 1.78. The first kappa shape index (κ1) is 11.5. The molecule has 1 aromatic carbocycles. The van der Waals surface area contributed by atoms with Gasteiger partial charge in [-0.15, -0.1) is 0 Å². The summed E-state index contributed by atoms with van der Waals surface area (Å²) in [6.45, 7) is 0. The van der Waals surface area contributed by atoms with Crippen LogP contribution in [-0.4, -0.2) is 15.9 Å². The summed E-state index contributed by atoms with van der Waals surface area (Å²) in [7, 11) is 0. The van der Waals surface area contributed by atoms with Crippen LogP contribution < -0.4 is 10.9 Å². The molecule has 1 heterocycles. The number of nitrogens with one attached hydrogen (secondary N) is 2. The van der Waals surface area contributed by atoms with Gasteiger partial charge in [-0.2, -0.15) is 0 Å². The van der Waals surface area contributed by atoms with Crippen LogP contribution in [0.2, 0.25) is 0 Å². The average Bonchev–Trinajstić information content (AvgIpc) is 2.33. The van der Waals surface area contributed by atoms with Gasteiger partial charge in [-0.1, -0.05) is 12.1 Å². The molecule has 0 aliphatic rings. The number of anilines is 1. The van der Waals surface area contributed by atoms with Crippen LogP contribution in [-0.2, 0) is 0 Å². The van der Waals surface area contributed by atoms with Gasteiger partial charge in [-0.25, -0.2) is 4.98 Å². The van der Waals surface area contributed by atoms with Gasteiger partial charge in [0.25, 0.3) is 11.5 Å². The van der Waals surface area contributed by atoms with Crippen molar-refractivity contribution in [3.05, 3.63) is 57.2 Å². The van der Waals surface area contributed by atoms with E-state index in [2.05, 4.69) is 31.2 Å². The van der Waals surface area contributed by atoms with Crippen LogP contribution in [0.15, 0.2) is 45.9 Å². The first-order valence-corrected chi connectivity index (χ1v) is 5.57. The van der Waals surface area contributed by atoms with Gasteiger partial charge in [0.05, 0.1) is 11.9 Å². The molecule has 1 amide bonds. The van der Waals surface area contributed by atoms with E-state index in [9.17, 15) is 9.59 Å². The summed E-state index contributed by atoms with van der Waals surface area (Å²) in [6.07, 6.45) is 2.34. The van der Waals surface area contributed by atoms with Crippen molar-refractivity contribution >= 4 is 27.5 Å². The third-order valence-electron chi connectivity index (χ3n) is 2.03. The number of H-pyrrole nitrogens is 1. The van der Waals surface area contributed by atoms with Crippen LogP contribution in [0.3, 0.4) is 0 Å². The Morgan fingerprint density at radius 1 is 1.35 bits per heavy atom. The Labute approximate surface area is 105 Å². The van der Waals surface area contributed by atoms with E-state index >= 15 is 0 Å². The van der Waals surface area contributed by atoms with Gasteiger partial charge in [-0.3, -0.25) is 9.59 Å². The molecule has 0 saturated carbocycles. The zero-order chi connectivity index (χ0) is 12.3. The Morgan fingerprint density at radius 2 is 2.12 bits per heavy atom. The molecule has 0 aliphatic carbocycles. The molecule has 0 saturated heterocycles. The number of rotatable bonds is 2. The molecular formula is C11H8BrN3O2. The number of aromatic amines is 1. The number of para-hydroxylation sites is 1. The molecule has 2 aromatic rings. The second kappa shape index (κ2) is 4.92. The minimum absolute atomic E-state index is 0.153. The Kier molecular flexibility index (Phi) is 3.34. The van der Waals surface area contributed by atoms with E-state index in [1.165, 1.54) is 6.20 Å². The van der Waals surface area contributed by atoms with E-state index in [1.54, 1.807) is 12.1 Å². The Balaban J connectivity index is 2.20. The largest absolute Gasteiger partial charge is 0.325 e. The smallest absolute Gasteiger partial charge is 0.275 e. The van der Waals surface area contributed by atoms with Crippen LogP contribution in [0.25, 0.3) is 0 Å². The van der Waals surface area contributed by atoms with Crippen LogP contribution in [0, 0.1) is 0 Å². The molecule has 0 fully saturated rings. The number of aromatic nitrogens is 2. The highest BCUT2D eigenvalue weighted by Gasteiger charge is 2.08. The maximum absolute atomic E-state index is 11.8. The number of carbonyl (C=O) groups is 1. The molecule has 0 unspecified atom stereocenters. The lowest BCUT2D eigenvalue weighted by Gasteiger charge is -2.05. The fourth-order valence-electron chi connectivity index (χ4n) is 1.22. The van der Waals surface area contributed by atoms with Crippen LogP contribution in [0.4, 0.5) is 5.69 Å². The van der Waals surface area contributed by atoms with Gasteiger partial charge in [0.1, 0.15) is 5.69 Å². The Morgan fingerprint density at radius 3 is 2.76 bits per heavy atom. The van der Waals surface area contributed by atoms with Crippen molar-refractivity contribution in [2.75, 3.05) is 5.32 Å². The second-order valence-corrected chi connectivity index (χ2v) is 4.08. The van der Waals surface area contributed by atoms with Crippen molar-refractivity contribution in [2.45, 2.75) is 0 Å². The predicted molar refractivity (Wildman–Crippen MR) is 67.0 cm³/mol. The number of amides is 1. The number of hydrogen-bond donors (Lipinski definition) is 2. The minimum Gasteiger partial charge on any atom is -0.325 e. The number of hydrogen-bond acceptors (Lipinski definition) is 3. The number of halogens is 1. The SMILES string of the molecule is O=C(Nc1ccccc1Br)c1c[nH]c(=O)cn1. The molecular weight excluding hydrogens is 286 g/mol. The lowest BCUT2D eigenvalue weighted by Crippen LogP contribution is -2.17. The average molecular weight is 294 g/mol. The van der Waals surface area contributed by atoms with Gasteiger partial charge in [0.2, 0.25) is 0 Å². The summed E-state index contributed by atoms with van der Waals surface area (Å²) in [5.74, 6) is -0.381. The lowest BCUT2D eigenvalue weighted by atomic mass is 10.3. The van der Waals surface area contributed by atoms with Gasteiger partial charge < -0.3 is 10.3 Å². The van der Waals surface area contributed by atoms with Crippen LogP contribution in [0.1, 0.15) is 10.5 Å². The zero-order valence-electron chi connectivity index (χ0n) is 8.61. The highest BCUT2D eigenvalue weighted by atomic mass is 79.9. The molecule has 0 bridgehead atoms. The van der Waals surface area contributed by atoms with E-state index in [4.69, 9.17) is 0 Å². The number of benzene rings is 1. The molecule has 2 rings (SSSR count). The molecule has 0 radical (unpaired) electrons. The zero-order valence-corrected chi connectivity index (χ0v) is 10.2. The molecule has 6 heteroatoms. The Bertz CT molecular complexity index is 589. The maximum atomic E-state index is 11.8. The quantitative estimate of drug-likeness (QED) is 0.886. The highest BCUT2D eigenvalue weighted by Crippen LogP contribution is 2.21. The first-order valence-electron chi connectivity index (χ1n) is 4.77. The molecule has 2 N–H and O–H groups in total. The molecule has 0 aliphatic heterocycles. The van der Waals surface area contributed by atoms with Crippen molar-refractivity contribution in [3.63, 3.8) is 0 Å². The summed E-state index contributed by atoms with van der Waals surface area (Å²) >= 11 is 3.32. The topological polar surface area (TPSA) is 74.8 Å². The normalized spacial score (nSPS) is 9.94. The van der Waals surface area contributed by atoms with Crippen molar-refractivity contribution in [1.29, 1.82) is 0 Å². The monoisotopic (exact) mass is 293 g/mol. The van der Waals surface area contributed by atoms with Crippen LogP contribution >= 0.6 is 15.9 Å². The van der Waals surface area contributed by atoms with Crippen molar-refractivity contribution in [1.82, 2.24) is 9.97 Å². The van der Waals surface area contributed by atoms with Gasteiger partial charge in [-0.05, 0) is 28.1 Å². The number of carbonyl (C=O) groups excluding carboxylic acids is 1. The van der Waals surface area contributed by atoms with E-state index < -0.39 is 0 Å². The maximum Gasteiger partial charge on any atom is 0.275 e. The lowest BCUT2D eigenvalue weighted by molar-refractivity contribution is 0.102. The summed E-state index contributed by atoms with van der Waals surface area (Å²) in [4.78, 5) is 28.7. The molecule has 0 spiro atoms. The molecule has 86 valence electrons. The summed E-state index contributed by atoms with van der Waals surface area (Å²) in [5, 5.41) is 2.68. The third kappa shape index (κ3) is 2.79. The van der Waals surface area contributed by atoms with Gasteiger partial charge in [0, 0.05) is 10.7 Å². The van der Waals surface area contributed by atoms with Gasteiger partial charge in [0.15, 0.2) is 0 Å². The Hall–Kier alpha value is -1.95. The number of nitrogens with zero attached hydrogens (tertiary/aromatic N) is 1. The molecule has 17 heavy (non-hydrogen) atoms. The van der Waals surface area contributed by atoms with E-state index in [0.29, 0.717) is 5.69 Å². The molecule has 1 aromatic heterocycles. The third-order valence-corrected chi connectivity index (χ3v) is 2.72. The molecule has 0 atom stereocenters. The van der Waals surface area contributed by atoms with E-state index in [-0.39, 0.29) is 17.2 Å². The van der Waals surface area contributed by atoms with E-state index in [1.807, 2.05) is 12.1 Å². The van der Waals surface area contributed by atoms with Crippen molar-refractivity contribution < 1.29 is 4.79 Å². The van der Waals surface area contributed by atoms with Crippen molar-refractivity contribution in [2.24, 2.45) is 0 Å². The summed E-state index contributed by atoms with van der Waals surface area (Å²) in [5.41, 5.74) is 0.452. The minimum atomic E-state index is -0.381.